The number of hydrogen-bond donors (Lipinski definition) is 1. The molecule has 0 radical (unpaired) electrons. The first-order valence-corrected chi connectivity index (χ1v) is 7.70. The van der Waals surface area contributed by atoms with Gasteiger partial charge in [-0.05, 0) is 32.6 Å². The van der Waals surface area contributed by atoms with Crippen molar-refractivity contribution in [3.63, 3.8) is 0 Å². The lowest BCUT2D eigenvalue weighted by Gasteiger charge is -2.31. The number of methoxy groups -OCH3 is 1. The average molecular weight is 268 g/mol. The van der Waals surface area contributed by atoms with Crippen molar-refractivity contribution in [2.45, 2.75) is 58.0 Å². The SMILES string of the molecule is CCc1nc(C(CC)(COC)NC2CC2)sc1C. The summed E-state index contributed by atoms with van der Waals surface area (Å²) in [5.74, 6) is 0. The molecule has 2 rings (SSSR count). The zero-order chi connectivity index (χ0) is 13.2. The molecule has 1 aromatic heterocycles. The van der Waals surface area contributed by atoms with Crippen molar-refractivity contribution in [3.05, 3.63) is 15.6 Å². The van der Waals surface area contributed by atoms with Crippen LogP contribution in [-0.4, -0.2) is 24.7 Å². The molecular formula is C14H24N2OS. The van der Waals surface area contributed by atoms with Crippen LogP contribution in [0, 0.1) is 6.92 Å². The van der Waals surface area contributed by atoms with Gasteiger partial charge in [0.05, 0.1) is 17.8 Å². The molecule has 0 bridgehead atoms. The zero-order valence-corrected chi connectivity index (χ0v) is 12.7. The van der Waals surface area contributed by atoms with Crippen molar-refractivity contribution >= 4 is 11.3 Å². The first-order chi connectivity index (χ1) is 8.65. The Bertz CT molecular complexity index is 400. The molecule has 0 spiro atoms. The van der Waals surface area contributed by atoms with E-state index in [0.29, 0.717) is 12.6 Å². The molecule has 1 aromatic rings. The van der Waals surface area contributed by atoms with E-state index in [1.165, 1.54) is 28.4 Å². The Morgan fingerprint density at radius 1 is 1.44 bits per heavy atom. The summed E-state index contributed by atoms with van der Waals surface area (Å²) in [7, 11) is 1.78. The highest BCUT2D eigenvalue weighted by Gasteiger charge is 2.39. The standard InChI is InChI=1S/C14H24N2OS/c1-5-12-10(3)18-13(15-12)14(6-2,9-17-4)16-11-7-8-11/h11,16H,5-9H2,1-4H3. The molecule has 0 aromatic carbocycles. The molecule has 1 atom stereocenters. The van der Waals surface area contributed by atoms with Gasteiger partial charge in [0.1, 0.15) is 5.01 Å². The maximum atomic E-state index is 5.47. The third-order valence-corrected chi connectivity index (χ3v) is 4.91. The Morgan fingerprint density at radius 2 is 2.17 bits per heavy atom. The quantitative estimate of drug-likeness (QED) is 0.825. The second-order valence-corrected chi connectivity index (χ2v) is 6.37. The fourth-order valence-corrected chi connectivity index (χ4v) is 3.56. The maximum absolute atomic E-state index is 5.47. The van der Waals surface area contributed by atoms with E-state index in [-0.39, 0.29) is 5.54 Å². The van der Waals surface area contributed by atoms with Crippen molar-refractivity contribution in [3.8, 4) is 0 Å². The van der Waals surface area contributed by atoms with Gasteiger partial charge in [-0.15, -0.1) is 11.3 Å². The zero-order valence-electron chi connectivity index (χ0n) is 11.9. The lowest BCUT2D eigenvalue weighted by atomic mass is 9.97. The van der Waals surface area contributed by atoms with E-state index >= 15 is 0 Å². The van der Waals surface area contributed by atoms with Crippen LogP contribution in [0.1, 0.15) is 48.7 Å². The molecular weight excluding hydrogens is 244 g/mol. The lowest BCUT2D eigenvalue weighted by molar-refractivity contribution is 0.103. The van der Waals surface area contributed by atoms with Crippen molar-refractivity contribution in [2.24, 2.45) is 0 Å². The van der Waals surface area contributed by atoms with Gasteiger partial charge in [0.25, 0.3) is 0 Å². The molecule has 0 amide bonds. The predicted octanol–water partition coefficient (Wildman–Crippen LogP) is 3.02. The highest BCUT2D eigenvalue weighted by molar-refractivity contribution is 7.11. The smallest absolute Gasteiger partial charge is 0.116 e. The van der Waals surface area contributed by atoms with Gasteiger partial charge < -0.3 is 10.1 Å². The minimum atomic E-state index is -0.0846. The van der Waals surface area contributed by atoms with Crippen molar-refractivity contribution in [1.82, 2.24) is 10.3 Å². The molecule has 4 heteroatoms. The van der Waals surface area contributed by atoms with Gasteiger partial charge in [-0.25, -0.2) is 4.98 Å². The summed E-state index contributed by atoms with van der Waals surface area (Å²) in [5, 5.41) is 4.96. The second kappa shape index (κ2) is 5.68. The fraction of sp³-hybridized carbons (Fsp3) is 0.786. The van der Waals surface area contributed by atoms with Gasteiger partial charge in [-0.1, -0.05) is 13.8 Å². The van der Waals surface area contributed by atoms with Crippen molar-refractivity contribution in [1.29, 1.82) is 0 Å². The fourth-order valence-electron chi connectivity index (χ4n) is 2.35. The summed E-state index contributed by atoms with van der Waals surface area (Å²) in [6.45, 7) is 7.27. The maximum Gasteiger partial charge on any atom is 0.116 e. The van der Waals surface area contributed by atoms with Crippen LogP contribution in [0.3, 0.4) is 0 Å². The molecule has 1 aliphatic carbocycles. The number of aromatic nitrogens is 1. The van der Waals surface area contributed by atoms with E-state index in [4.69, 9.17) is 9.72 Å². The lowest BCUT2D eigenvalue weighted by Crippen LogP contribution is -2.46. The summed E-state index contributed by atoms with van der Waals surface area (Å²) in [5.41, 5.74) is 1.15. The summed E-state index contributed by atoms with van der Waals surface area (Å²) >= 11 is 1.83. The summed E-state index contributed by atoms with van der Waals surface area (Å²) in [4.78, 5) is 6.19. The molecule has 0 saturated heterocycles. The normalized spacial score (nSPS) is 18.9. The van der Waals surface area contributed by atoms with E-state index in [0.717, 1.165) is 12.8 Å². The first-order valence-electron chi connectivity index (χ1n) is 6.88. The minimum absolute atomic E-state index is 0.0846. The topological polar surface area (TPSA) is 34.1 Å². The number of ether oxygens (including phenoxy) is 1. The second-order valence-electron chi connectivity index (χ2n) is 5.16. The summed E-state index contributed by atoms with van der Waals surface area (Å²) in [6.07, 6.45) is 4.61. The van der Waals surface area contributed by atoms with Crippen LogP contribution >= 0.6 is 11.3 Å². The van der Waals surface area contributed by atoms with Gasteiger partial charge >= 0.3 is 0 Å². The van der Waals surface area contributed by atoms with E-state index < -0.39 is 0 Å². The molecule has 102 valence electrons. The largest absolute Gasteiger partial charge is 0.382 e. The van der Waals surface area contributed by atoms with Crippen molar-refractivity contribution in [2.75, 3.05) is 13.7 Å². The number of nitrogens with one attached hydrogen (secondary N) is 1. The molecule has 0 aliphatic heterocycles. The van der Waals surface area contributed by atoms with Crippen LogP contribution in [0.15, 0.2) is 0 Å². The van der Waals surface area contributed by atoms with E-state index in [1.54, 1.807) is 7.11 Å². The molecule has 1 aliphatic rings. The van der Waals surface area contributed by atoms with Crippen molar-refractivity contribution < 1.29 is 4.74 Å². The molecule has 1 saturated carbocycles. The van der Waals surface area contributed by atoms with Crippen LogP contribution in [0.25, 0.3) is 0 Å². The summed E-state index contributed by atoms with van der Waals surface area (Å²) < 4.78 is 5.47. The number of thiazole rings is 1. The van der Waals surface area contributed by atoms with E-state index in [9.17, 15) is 0 Å². The van der Waals surface area contributed by atoms with Crippen LogP contribution in [-0.2, 0) is 16.7 Å². The highest BCUT2D eigenvalue weighted by Crippen LogP contribution is 2.35. The van der Waals surface area contributed by atoms with E-state index in [2.05, 4.69) is 26.1 Å². The first kappa shape index (κ1) is 14.0. The number of nitrogens with zero attached hydrogens (tertiary/aromatic N) is 1. The number of aryl methyl sites for hydroxylation is 2. The van der Waals surface area contributed by atoms with Gasteiger partial charge in [0, 0.05) is 18.0 Å². The van der Waals surface area contributed by atoms with Crippen LogP contribution in [0.2, 0.25) is 0 Å². The van der Waals surface area contributed by atoms with Crippen LogP contribution < -0.4 is 5.32 Å². The Morgan fingerprint density at radius 3 is 2.61 bits per heavy atom. The monoisotopic (exact) mass is 268 g/mol. The van der Waals surface area contributed by atoms with Gasteiger partial charge in [0.2, 0.25) is 0 Å². The molecule has 1 heterocycles. The Kier molecular flexibility index (Phi) is 4.41. The van der Waals surface area contributed by atoms with Gasteiger partial charge in [-0.2, -0.15) is 0 Å². The van der Waals surface area contributed by atoms with Gasteiger partial charge in [-0.3, -0.25) is 0 Å². The summed E-state index contributed by atoms with van der Waals surface area (Å²) in [6, 6.07) is 0.661. The Labute approximate surface area is 114 Å². The molecule has 1 unspecified atom stereocenters. The van der Waals surface area contributed by atoms with Crippen LogP contribution in [0.4, 0.5) is 0 Å². The molecule has 3 nitrogen and oxygen atoms in total. The molecule has 18 heavy (non-hydrogen) atoms. The highest BCUT2D eigenvalue weighted by atomic mass is 32.1. The van der Waals surface area contributed by atoms with Crippen LogP contribution in [0.5, 0.6) is 0 Å². The van der Waals surface area contributed by atoms with E-state index in [1.807, 2.05) is 11.3 Å². The van der Waals surface area contributed by atoms with Gasteiger partial charge in [0.15, 0.2) is 0 Å². The molecule has 1 N–H and O–H groups in total. The predicted molar refractivity (Wildman–Crippen MR) is 76.2 cm³/mol. The molecule has 1 fully saturated rings. The third-order valence-electron chi connectivity index (χ3n) is 3.69. The Hall–Kier alpha value is -0.450. The number of hydrogen-bond acceptors (Lipinski definition) is 4. The average Bonchev–Trinajstić information content (AvgIpc) is 3.09. The minimum Gasteiger partial charge on any atom is -0.382 e. The Balaban J connectivity index is 2.29. The number of rotatable bonds is 7. The third kappa shape index (κ3) is 2.76.